The monoisotopic (exact) mass is 279 g/mol. The molecule has 0 aromatic carbocycles. The molecule has 2 aromatic rings. The molecule has 0 atom stereocenters. The molecule has 19 heavy (non-hydrogen) atoms. The summed E-state index contributed by atoms with van der Waals surface area (Å²) in [6.07, 6.45) is 11.3. The molecule has 1 aliphatic carbocycles. The topological polar surface area (TPSA) is 52.5 Å². The van der Waals surface area contributed by atoms with Crippen LogP contribution < -0.4 is 5.73 Å². The molecule has 0 unspecified atom stereocenters. The van der Waals surface area contributed by atoms with Crippen molar-refractivity contribution in [3.05, 3.63) is 23.5 Å². The second-order valence-electron chi connectivity index (χ2n) is 5.59. The molecule has 0 saturated heterocycles. The minimum absolute atomic E-state index is 0.117. The van der Waals surface area contributed by atoms with Crippen molar-refractivity contribution in [1.82, 2.24) is 9.38 Å². The summed E-state index contributed by atoms with van der Waals surface area (Å²) in [6.45, 7) is 1.21. The first-order valence-corrected chi connectivity index (χ1v) is 7.91. The summed E-state index contributed by atoms with van der Waals surface area (Å²) in [7, 11) is 0. The molecule has 4 nitrogen and oxygen atoms in total. The Morgan fingerprint density at radius 1 is 1.32 bits per heavy atom. The lowest BCUT2D eigenvalue weighted by Gasteiger charge is -2.27. The van der Waals surface area contributed by atoms with Gasteiger partial charge in [-0.25, -0.2) is 4.98 Å². The fourth-order valence-corrected chi connectivity index (χ4v) is 3.50. The standard InChI is InChI=1S/C14H21N3OS/c15-14(5-3-1-2-4-6-14)11-18-10-12-9-17-7-8-19-13(17)16-12/h7-9H,1-6,10-11,15H2. The third-order valence-electron chi connectivity index (χ3n) is 3.88. The Balaban J connectivity index is 1.53. The lowest BCUT2D eigenvalue weighted by atomic mass is 9.93. The van der Waals surface area contributed by atoms with Crippen molar-refractivity contribution < 1.29 is 4.74 Å². The normalized spacial score (nSPS) is 19.6. The van der Waals surface area contributed by atoms with Crippen LogP contribution in [-0.2, 0) is 11.3 Å². The summed E-state index contributed by atoms with van der Waals surface area (Å²) in [6, 6.07) is 0. The van der Waals surface area contributed by atoms with Crippen LogP contribution in [0.25, 0.3) is 4.96 Å². The van der Waals surface area contributed by atoms with Gasteiger partial charge in [0, 0.05) is 23.3 Å². The quantitative estimate of drug-likeness (QED) is 0.875. The van der Waals surface area contributed by atoms with Crippen molar-refractivity contribution in [2.45, 2.75) is 50.7 Å². The van der Waals surface area contributed by atoms with E-state index in [-0.39, 0.29) is 5.54 Å². The summed E-state index contributed by atoms with van der Waals surface area (Å²) in [5.74, 6) is 0. The minimum Gasteiger partial charge on any atom is -0.373 e. The average Bonchev–Trinajstić information content (AvgIpc) is 2.88. The van der Waals surface area contributed by atoms with Gasteiger partial charge in [-0.1, -0.05) is 25.7 Å². The van der Waals surface area contributed by atoms with Crippen LogP contribution in [0, 0.1) is 0 Å². The van der Waals surface area contributed by atoms with Gasteiger partial charge in [0.1, 0.15) is 0 Å². The highest BCUT2D eigenvalue weighted by Gasteiger charge is 2.26. The van der Waals surface area contributed by atoms with E-state index in [4.69, 9.17) is 10.5 Å². The van der Waals surface area contributed by atoms with Crippen molar-refractivity contribution in [2.24, 2.45) is 5.73 Å². The Kier molecular flexibility index (Phi) is 3.86. The lowest BCUT2D eigenvalue weighted by Crippen LogP contribution is -2.43. The molecule has 3 rings (SSSR count). The SMILES string of the molecule is NC1(COCc2cn3ccsc3n2)CCCCCC1. The zero-order chi connectivity index (χ0) is 13.1. The fraction of sp³-hybridized carbons (Fsp3) is 0.643. The smallest absolute Gasteiger partial charge is 0.193 e. The number of ether oxygens (including phenoxy) is 1. The number of nitrogens with zero attached hydrogens (tertiary/aromatic N) is 2. The van der Waals surface area contributed by atoms with Crippen LogP contribution in [0.5, 0.6) is 0 Å². The van der Waals surface area contributed by atoms with E-state index in [9.17, 15) is 0 Å². The van der Waals surface area contributed by atoms with Gasteiger partial charge in [-0.05, 0) is 12.8 Å². The lowest BCUT2D eigenvalue weighted by molar-refractivity contribution is 0.0651. The van der Waals surface area contributed by atoms with E-state index in [1.54, 1.807) is 11.3 Å². The van der Waals surface area contributed by atoms with Crippen LogP contribution in [0.3, 0.4) is 0 Å². The highest BCUT2D eigenvalue weighted by molar-refractivity contribution is 7.15. The van der Waals surface area contributed by atoms with E-state index in [1.807, 2.05) is 22.2 Å². The number of aromatic nitrogens is 2. The highest BCUT2D eigenvalue weighted by Crippen LogP contribution is 2.25. The molecule has 0 aliphatic heterocycles. The molecule has 5 heteroatoms. The molecule has 0 amide bonds. The van der Waals surface area contributed by atoms with Crippen molar-refractivity contribution in [3.63, 3.8) is 0 Å². The molecular formula is C14H21N3OS. The number of fused-ring (bicyclic) bond motifs is 1. The molecular weight excluding hydrogens is 258 g/mol. The second-order valence-corrected chi connectivity index (χ2v) is 6.47. The first-order valence-electron chi connectivity index (χ1n) is 7.03. The molecule has 2 aromatic heterocycles. The fourth-order valence-electron chi connectivity index (χ4n) is 2.78. The van der Waals surface area contributed by atoms with E-state index in [0.29, 0.717) is 13.2 Å². The first-order chi connectivity index (χ1) is 9.25. The van der Waals surface area contributed by atoms with E-state index in [2.05, 4.69) is 4.98 Å². The third-order valence-corrected chi connectivity index (χ3v) is 4.65. The van der Waals surface area contributed by atoms with Crippen LogP contribution >= 0.6 is 11.3 Å². The Morgan fingerprint density at radius 3 is 2.84 bits per heavy atom. The van der Waals surface area contributed by atoms with Crippen LogP contribution in [0.2, 0.25) is 0 Å². The molecule has 1 aliphatic rings. The molecule has 1 saturated carbocycles. The zero-order valence-corrected chi connectivity index (χ0v) is 12.0. The second kappa shape index (κ2) is 5.61. The molecule has 0 spiro atoms. The van der Waals surface area contributed by atoms with Crippen LogP contribution in [0.1, 0.15) is 44.2 Å². The number of imidazole rings is 1. The summed E-state index contributed by atoms with van der Waals surface area (Å²) in [5, 5.41) is 2.04. The van der Waals surface area contributed by atoms with E-state index in [0.717, 1.165) is 23.5 Å². The van der Waals surface area contributed by atoms with E-state index >= 15 is 0 Å². The maximum atomic E-state index is 6.43. The molecule has 2 N–H and O–H groups in total. The predicted molar refractivity (Wildman–Crippen MR) is 77.3 cm³/mol. The van der Waals surface area contributed by atoms with Gasteiger partial charge in [-0.3, -0.25) is 4.40 Å². The van der Waals surface area contributed by atoms with Crippen LogP contribution in [-0.4, -0.2) is 21.5 Å². The third kappa shape index (κ3) is 3.16. The van der Waals surface area contributed by atoms with E-state index in [1.165, 1.54) is 25.7 Å². The average molecular weight is 279 g/mol. The Labute approximate surface area is 117 Å². The number of hydrogen-bond acceptors (Lipinski definition) is 4. The Bertz CT molecular complexity index is 497. The number of thiazole rings is 1. The Morgan fingerprint density at radius 2 is 2.11 bits per heavy atom. The van der Waals surface area contributed by atoms with Crippen LogP contribution in [0.15, 0.2) is 17.8 Å². The summed E-state index contributed by atoms with van der Waals surface area (Å²) in [5.41, 5.74) is 7.30. The van der Waals surface area contributed by atoms with Crippen molar-refractivity contribution >= 4 is 16.3 Å². The van der Waals surface area contributed by atoms with E-state index < -0.39 is 0 Å². The maximum absolute atomic E-state index is 6.43. The van der Waals surface area contributed by atoms with Gasteiger partial charge in [0.2, 0.25) is 0 Å². The molecule has 2 heterocycles. The van der Waals surface area contributed by atoms with Crippen LogP contribution in [0.4, 0.5) is 0 Å². The Hall–Kier alpha value is -0.910. The van der Waals surface area contributed by atoms with Crippen molar-refractivity contribution in [3.8, 4) is 0 Å². The van der Waals surface area contributed by atoms with Gasteiger partial charge in [0.25, 0.3) is 0 Å². The molecule has 0 radical (unpaired) electrons. The maximum Gasteiger partial charge on any atom is 0.193 e. The van der Waals surface area contributed by atoms with Gasteiger partial charge < -0.3 is 10.5 Å². The van der Waals surface area contributed by atoms with Gasteiger partial charge in [-0.2, -0.15) is 0 Å². The van der Waals surface area contributed by atoms with Crippen molar-refractivity contribution in [2.75, 3.05) is 6.61 Å². The summed E-state index contributed by atoms with van der Waals surface area (Å²) >= 11 is 1.64. The molecule has 1 fully saturated rings. The van der Waals surface area contributed by atoms with Gasteiger partial charge in [-0.15, -0.1) is 11.3 Å². The van der Waals surface area contributed by atoms with Crippen molar-refractivity contribution in [1.29, 1.82) is 0 Å². The molecule has 0 bridgehead atoms. The number of rotatable bonds is 4. The van der Waals surface area contributed by atoms with Gasteiger partial charge in [0.15, 0.2) is 4.96 Å². The summed E-state index contributed by atoms with van der Waals surface area (Å²) < 4.78 is 7.86. The molecule has 104 valence electrons. The largest absolute Gasteiger partial charge is 0.373 e. The minimum atomic E-state index is -0.117. The zero-order valence-electron chi connectivity index (χ0n) is 11.2. The summed E-state index contributed by atoms with van der Waals surface area (Å²) in [4.78, 5) is 5.54. The number of hydrogen-bond donors (Lipinski definition) is 1. The van der Waals surface area contributed by atoms with Gasteiger partial charge in [0.05, 0.1) is 18.9 Å². The first kappa shape index (κ1) is 13.1. The van der Waals surface area contributed by atoms with Gasteiger partial charge >= 0.3 is 0 Å². The highest BCUT2D eigenvalue weighted by atomic mass is 32.1. The number of nitrogens with two attached hydrogens (primary N) is 1. The predicted octanol–water partition coefficient (Wildman–Crippen LogP) is 2.96.